The summed E-state index contributed by atoms with van der Waals surface area (Å²) in [6, 6.07) is 10.5. The van der Waals surface area contributed by atoms with Gasteiger partial charge < -0.3 is 9.92 Å². The molecule has 0 saturated heterocycles. The van der Waals surface area contributed by atoms with E-state index >= 15 is 0 Å². The number of thiol groups is 1. The normalized spacial score (nSPS) is 10.7. The molecule has 0 amide bonds. The number of nitrogen functional groups attached to an aromatic ring is 1. The summed E-state index contributed by atoms with van der Waals surface area (Å²) in [5.41, 5.74) is 6.10. The van der Waals surface area contributed by atoms with Gasteiger partial charge in [-0.1, -0.05) is 24.3 Å². The van der Waals surface area contributed by atoms with Gasteiger partial charge in [-0.3, -0.25) is 0 Å². The maximum absolute atomic E-state index is 10.5. The molecule has 15 heavy (non-hydrogen) atoms. The summed E-state index contributed by atoms with van der Waals surface area (Å²) in [4.78, 5) is 0. The third kappa shape index (κ3) is 2.02. The predicted molar refractivity (Wildman–Crippen MR) is 59.3 cm³/mol. The van der Waals surface area contributed by atoms with Gasteiger partial charge >= 0.3 is 0 Å². The van der Waals surface area contributed by atoms with E-state index in [2.05, 4.69) is 4.18 Å². The van der Waals surface area contributed by atoms with Crippen molar-refractivity contribution in [3.8, 4) is 5.75 Å². The van der Waals surface area contributed by atoms with Crippen molar-refractivity contribution in [3.05, 3.63) is 36.4 Å². The lowest BCUT2D eigenvalue weighted by molar-refractivity contribution is 0.513. The quantitative estimate of drug-likeness (QED) is 0.595. The van der Waals surface area contributed by atoms with Crippen LogP contribution in [-0.4, -0.2) is 8.42 Å². The lowest BCUT2D eigenvalue weighted by Crippen LogP contribution is -1.93. The van der Waals surface area contributed by atoms with Gasteiger partial charge in [0.1, 0.15) is 0 Å². The fourth-order valence-electron chi connectivity index (χ4n) is 1.45. The van der Waals surface area contributed by atoms with E-state index in [1.807, 2.05) is 18.2 Å². The average molecular weight is 223 g/mol. The molecule has 2 aromatic rings. The molecular weight excluding hydrogens is 214 g/mol. The second-order valence-electron chi connectivity index (χ2n) is 3.06. The van der Waals surface area contributed by atoms with E-state index in [4.69, 9.17) is 5.73 Å². The topological polar surface area (TPSA) is 69.4 Å². The van der Waals surface area contributed by atoms with Gasteiger partial charge in [-0.2, -0.15) is 8.42 Å². The minimum absolute atomic E-state index is 0.265. The Hall–Kier alpha value is -1.75. The first kappa shape index (κ1) is 9.79. The highest BCUT2D eigenvalue weighted by atomic mass is 32.2. The number of fused-ring (bicyclic) bond motifs is 1. The van der Waals surface area contributed by atoms with E-state index < -0.39 is 11.0 Å². The maximum atomic E-state index is 10.5. The summed E-state index contributed by atoms with van der Waals surface area (Å²) in [5, 5.41) is 1.58. The third-order valence-electron chi connectivity index (χ3n) is 2.02. The van der Waals surface area contributed by atoms with Crippen LogP contribution in [0.5, 0.6) is 5.75 Å². The number of rotatable bonds is 2. The molecule has 2 aromatic carbocycles. The lowest BCUT2D eigenvalue weighted by atomic mass is 10.1. The highest BCUT2D eigenvalue weighted by Crippen LogP contribution is 2.28. The van der Waals surface area contributed by atoms with Crippen LogP contribution < -0.4 is 9.92 Å². The standard InChI is InChI=1S/C10H9NO3S/c11-8-5-7-3-1-2-4-9(7)10(6-8)14-15(12)13/h1-6,15H,11H2. The Morgan fingerprint density at radius 1 is 1.13 bits per heavy atom. The second kappa shape index (κ2) is 3.78. The number of hydrogen-bond donors (Lipinski definition) is 2. The SMILES string of the molecule is Nc1cc(O[SH](=O)=O)c2ccccc2c1. The number of anilines is 1. The Labute approximate surface area is 88.4 Å². The van der Waals surface area contributed by atoms with E-state index in [-0.39, 0.29) is 5.75 Å². The fraction of sp³-hybridized carbons (Fsp3) is 0. The first-order valence-corrected chi connectivity index (χ1v) is 5.37. The van der Waals surface area contributed by atoms with Crippen molar-refractivity contribution in [3.63, 3.8) is 0 Å². The molecule has 2 rings (SSSR count). The first-order valence-electron chi connectivity index (χ1n) is 4.27. The van der Waals surface area contributed by atoms with Crippen molar-refractivity contribution in [2.75, 3.05) is 5.73 Å². The van der Waals surface area contributed by atoms with Crippen LogP contribution in [0, 0.1) is 0 Å². The lowest BCUT2D eigenvalue weighted by Gasteiger charge is -2.05. The van der Waals surface area contributed by atoms with Gasteiger partial charge in [0.05, 0.1) is 0 Å². The van der Waals surface area contributed by atoms with Crippen molar-refractivity contribution >= 4 is 27.4 Å². The molecule has 0 aromatic heterocycles. The molecule has 0 heterocycles. The molecule has 0 bridgehead atoms. The number of benzene rings is 2. The Morgan fingerprint density at radius 3 is 2.60 bits per heavy atom. The van der Waals surface area contributed by atoms with Crippen molar-refractivity contribution in [2.24, 2.45) is 0 Å². The molecule has 0 aliphatic rings. The maximum Gasteiger partial charge on any atom is 0.299 e. The van der Waals surface area contributed by atoms with E-state index in [1.165, 1.54) is 6.07 Å². The molecule has 0 unspecified atom stereocenters. The van der Waals surface area contributed by atoms with Gasteiger partial charge in [0.15, 0.2) is 5.75 Å². The predicted octanol–water partition coefficient (Wildman–Crippen LogP) is 1.33. The molecule has 4 nitrogen and oxygen atoms in total. The summed E-state index contributed by atoms with van der Waals surface area (Å²) in [7, 11) is -2.92. The molecule has 5 heteroatoms. The van der Waals surface area contributed by atoms with Crippen molar-refractivity contribution in [1.29, 1.82) is 0 Å². The van der Waals surface area contributed by atoms with Crippen LogP contribution in [0.2, 0.25) is 0 Å². The van der Waals surface area contributed by atoms with E-state index in [0.29, 0.717) is 5.69 Å². The largest absolute Gasteiger partial charge is 0.399 e. The molecule has 0 spiro atoms. The molecule has 0 aliphatic carbocycles. The Kier molecular flexibility index (Phi) is 2.47. The Balaban J connectivity index is 2.70. The van der Waals surface area contributed by atoms with Crippen molar-refractivity contribution < 1.29 is 12.6 Å². The Morgan fingerprint density at radius 2 is 1.87 bits per heavy atom. The van der Waals surface area contributed by atoms with Crippen LogP contribution in [-0.2, 0) is 11.0 Å². The zero-order valence-corrected chi connectivity index (χ0v) is 8.61. The van der Waals surface area contributed by atoms with Crippen LogP contribution in [0.4, 0.5) is 5.69 Å². The van der Waals surface area contributed by atoms with Crippen LogP contribution >= 0.6 is 0 Å². The molecule has 0 saturated carbocycles. The van der Waals surface area contributed by atoms with Gasteiger partial charge in [-0.25, -0.2) is 0 Å². The summed E-state index contributed by atoms with van der Waals surface area (Å²) in [6.45, 7) is 0. The summed E-state index contributed by atoms with van der Waals surface area (Å²) in [5.74, 6) is 0.265. The molecule has 78 valence electrons. The highest BCUT2D eigenvalue weighted by Gasteiger charge is 2.04. The van der Waals surface area contributed by atoms with Crippen molar-refractivity contribution in [1.82, 2.24) is 0 Å². The van der Waals surface area contributed by atoms with Gasteiger partial charge in [0.25, 0.3) is 11.0 Å². The molecular formula is C10H9NO3S. The Bertz CT molecular complexity index is 570. The minimum Gasteiger partial charge on any atom is -0.399 e. The molecule has 0 fully saturated rings. The average Bonchev–Trinajstić information content (AvgIpc) is 2.16. The monoisotopic (exact) mass is 223 g/mol. The zero-order chi connectivity index (χ0) is 10.8. The van der Waals surface area contributed by atoms with Crippen LogP contribution in [0.1, 0.15) is 0 Å². The van der Waals surface area contributed by atoms with Gasteiger partial charge in [-0.05, 0) is 11.5 Å². The van der Waals surface area contributed by atoms with Gasteiger partial charge in [0, 0.05) is 17.1 Å². The highest BCUT2D eigenvalue weighted by molar-refractivity contribution is 7.67. The van der Waals surface area contributed by atoms with Gasteiger partial charge in [-0.15, -0.1) is 0 Å². The van der Waals surface area contributed by atoms with Gasteiger partial charge in [0.2, 0.25) is 0 Å². The molecule has 0 aliphatic heterocycles. The fourth-order valence-corrected chi connectivity index (χ4v) is 1.77. The van der Waals surface area contributed by atoms with E-state index in [9.17, 15) is 8.42 Å². The van der Waals surface area contributed by atoms with Crippen LogP contribution in [0.25, 0.3) is 10.8 Å². The van der Waals surface area contributed by atoms with E-state index in [1.54, 1.807) is 12.1 Å². The number of nitrogens with two attached hydrogens (primary N) is 1. The summed E-state index contributed by atoms with van der Waals surface area (Å²) < 4.78 is 25.7. The summed E-state index contributed by atoms with van der Waals surface area (Å²) >= 11 is 0. The second-order valence-corrected chi connectivity index (χ2v) is 3.68. The third-order valence-corrected chi connectivity index (χ3v) is 2.36. The summed E-state index contributed by atoms with van der Waals surface area (Å²) in [6.07, 6.45) is 0. The van der Waals surface area contributed by atoms with Crippen molar-refractivity contribution in [2.45, 2.75) is 0 Å². The zero-order valence-electron chi connectivity index (χ0n) is 7.71. The van der Waals surface area contributed by atoms with Crippen LogP contribution in [0.15, 0.2) is 36.4 Å². The molecule has 0 atom stereocenters. The van der Waals surface area contributed by atoms with E-state index in [0.717, 1.165) is 10.8 Å². The first-order chi connectivity index (χ1) is 7.16. The molecule has 0 radical (unpaired) electrons. The molecule has 2 N–H and O–H groups in total. The minimum atomic E-state index is -2.92. The van der Waals surface area contributed by atoms with Crippen LogP contribution in [0.3, 0.4) is 0 Å². The number of hydrogen-bond acceptors (Lipinski definition) is 4. The smallest absolute Gasteiger partial charge is 0.299 e.